The SMILES string of the molecule is CN(C)C(=O)c1ccc(Cl)c(NC(=O)CC2CCCN2)c1. The number of carbonyl (C=O) groups excluding carboxylic acids is 2. The maximum absolute atomic E-state index is 12.0. The lowest BCUT2D eigenvalue weighted by Gasteiger charge is -2.14. The fourth-order valence-electron chi connectivity index (χ4n) is 2.37. The highest BCUT2D eigenvalue weighted by Crippen LogP contribution is 2.24. The van der Waals surface area contributed by atoms with E-state index in [2.05, 4.69) is 10.6 Å². The highest BCUT2D eigenvalue weighted by atomic mass is 35.5. The summed E-state index contributed by atoms with van der Waals surface area (Å²) in [5.41, 5.74) is 0.978. The van der Waals surface area contributed by atoms with Gasteiger partial charge in [-0.1, -0.05) is 11.6 Å². The molecule has 1 aliphatic heterocycles. The van der Waals surface area contributed by atoms with Gasteiger partial charge in [0.15, 0.2) is 0 Å². The van der Waals surface area contributed by atoms with Crippen molar-refractivity contribution in [2.45, 2.75) is 25.3 Å². The van der Waals surface area contributed by atoms with Crippen LogP contribution in [0.5, 0.6) is 0 Å². The average molecular weight is 310 g/mol. The van der Waals surface area contributed by atoms with Crippen molar-refractivity contribution in [3.05, 3.63) is 28.8 Å². The van der Waals surface area contributed by atoms with E-state index in [1.807, 2.05) is 0 Å². The minimum Gasteiger partial charge on any atom is -0.345 e. The second-order valence-electron chi connectivity index (χ2n) is 5.44. The number of rotatable bonds is 4. The molecule has 1 atom stereocenters. The highest BCUT2D eigenvalue weighted by Gasteiger charge is 2.18. The van der Waals surface area contributed by atoms with Crippen LogP contribution in [0.1, 0.15) is 29.6 Å². The van der Waals surface area contributed by atoms with Crippen molar-refractivity contribution in [1.29, 1.82) is 0 Å². The summed E-state index contributed by atoms with van der Waals surface area (Å²) >= 11 is 6.09. The number of carbonyl (C=O) groups is 2. The Labute approximate surface area is 129 Å². The smallest absolute Gasteiger partial charge is 0.253 e. The standard InChI is InChI=1S/C15H20ClN3O2/c1-19(2)15(21)10-5-6-12(16)13(8-10)18-14(20)9-11-4-3-7-17-11/h5-6,8,11,17H,3-4,7,9H2,1-2H3,(H,18,20). The number of nitrogens with zero attached hydrogens (tertiary/aromatic N) is 1. The lowest BCUT2D eigenvalue weighted by molar-refractivity contribution is -0.116. The van der Waals surface area contributed by atoms with Gasteiger partial charge in [0.2, 0.25) is 5.91 Å². The van der Waals surface area contributed by atoms with Crippen LogP contribution in [0.3, 0.4) is 0 Å². The van der Waals surface area contributed by atoms with Gasteiger partial charge in [-0.2, -0.15) is 0 Å². The topological polar surface area (TPSA) is 61.4 Å². The molecule has 2 N–H and O–H groups in total. The third-order valence-electron chi connectivity index (χ3n) is 3.49. The largest absolute Gasteiger partial charge is 0.345 e. The molecule has 2 amide bonds. The highest BCUT2D eigenvalue weighted by molar-refractivity contribution is 6.33. The number of anilines is 1. The second-order valence-corrected chi connectivity index (χ2v) is 5.85. The molecule has 5 nitrogen and oxygen atoms in total. The number of halogens is 1. The molecule has 0 aliphatic carbocycles. The maximum atomic E-state index is 12.0. The van der Waals surface area contributed by atoms with Crippen molar-refractivity contribution in [2.75, 3.05) is 26.0 Å². The number of nitrogens with one attached hydrogen (secondary N) is 2. The molecule has 21 heavy (non-hydrogen) atoms. The van der Waals surface area contributed by atoms with Gasteiger partial charge in [0.25, 0.3) is 5.91 Å². The fraction of sp³-hybridized carbons (Fsp3) is 0.467. The Hall–Kier alpha value is -1.59. The van der Waals surface area contributed by atoms with E-state index in [4.69, 9.17) is 11.6 Å². The maximum Gasteiger partial charge on any atom is 0.253 e. The van der Waals surface area contributed by atoms with E-state index < -0.39 is 0 Å². The molecule has 0 aromatic heterocycles. The minimum atomic E-state index is -0.125. The van der Waals surface area contributed by atoms with E-state index in [1.165, 1.54) is 4.90 Å². The predicted octanol–water partition coefficient (Wildman–Crippen LogP) is 2.12. The molecule has 0 radical (unpaired) electrons. The number of hydrogen-bond acceptors (Lipinski definition) is 3. The fourth-order valence-corrected chi connectivity index (χ4v) is 2.53. The van der Waals surface area contributed by atoms with Crippen LogP contribution in [-0.4, -0.2) is 43.4 Å². The Kier molecular flexibility index (Phi) is 5.20. The van der Waals surface area contributed by atoms with Gasteiger partial charge in [0.05, 0.1) is 10.7 Å². The molecule has 1 aromatic carbocycles. The molecule has 1 unspecified atom stereocenters. The Balaban J connectivity index is 2.06. The zero-order valence-corrected chi connectivity index (χ0v) is 13.0. The van der Waals surface area contributed by atoms with E-state index in [0.29, 0.717) is 22.7 Å². The molecule has 114 valence electrons. The first-order chi connectivity index (χ1) is 9.97. The average Bonchev–Trinajstić information content (AvgIpc) is 2.93. The van der Waals surface area contributed by atoms with E-state index in [1.54, 1.807) is 32.3 Å². The van der Waals surface area contributed by atoms with Gasteiger partial charge in [-0.05, 0) is 37.6 Å². The summed E-state index contributed by atoms with van der Waals surface area (Å²) in [6.45, 7) is 0.964. The van der Waals surface area contributed by atoms with Gasteiger partial charge in [-0.3, -0.25) is 9.59 Å². The normalized spacial score (nSPS) is 17.6. The Morgan fingerprint density at radius 3 is 2.81 bits per heavy atom. The van der Waals surface area contributed by atoms with Crippen LogP contribution >= 0.6 is 11.6 Å². The van der Waals surface area contributed by atoms with Gasteiger partial charge < -0.3 is 15.5 Å². The van der Waals surface area contributed by atoms with Crippen molar-refractivity contribution >= 4 is 29.1 Å². The first-order valence-electron chi connectivity index (χ1n) is 7.02. The number of hydrogen-bond donors (Lipinski definition) is 2. The van der Waals surface area contributed by atoms with E-state index in [0.717, 1.165) is 19.4 Å². The van der Waals surface area contributed by atoms with Gasteiger partial charge in [0, 0.05) is 32.1 Å². The van der Waals surface area contributed by atoms with Crippen molar-refractivity contribution in [1.82, 2.24) is 10.2 Å². The van der Waals surface area contributed by atoms with E-state index >= 15 is 0 Å². The summed E-state index contributed by atoms with van der Waals surface area (Å²) in [4.78, 5) is 25.4. The van der Waals surface area contributed by atoms with Crippen LogP contribution in [0.2, 0.25) is 5.02 Å². The summed E-state index contributed by atoms with van der Waals surface area (Å²) in [5.74, 6) is -0.217. The Morgan fingerprint density at radius 2 is 2.19 bits per heavy atom. The Bertz CT molecular complexity index is 540. The third kappa shape index (κ3) is 4.19. The second kappa shape index (κ2) is 6.91. The van der Waals surface area contributed by atoms with Crippen LogP contribution in [0.4, 0.5) is 5.69 Å². The summed E-state index contributed by atoms with van der Waals surface area (Å²) < 4.78 is 0. The zero-order valence-electron chi connectivity index (χ0n) is 12.3. The zero-order chi connectivity index (χ0) is 15.4. The molecular formula is C15H20ClN3O2. The summed E-state index contributed by atoms with van der Waals surface area (Å²) in [6.07, 6.45) is 2.54. The van der Waals surface area contributed by atoms with Crippen LogP contribution in [0, 0.1) is 0 Å². The van der Waals surface area contributed by atoms with Crippen LogP contribution in [-0.2, 0) is 4.79 Å². The van der Waals surface area contributed by atoms with Crippen molar-refractivity contribution in [3.63, 3.8) is 0 Å². The summed E-state index contributed by atoms with van der Waals surface area (Å²) in [5, 5.41) is 6.50. The first-order valence-corrected chi connectivity index (χ1v) is 7.39. The Morgan fingerprint density at radius 1 is 1.43 bits per heavy atom. The summed E-state index contributed by atoms with van der Waals surface area (Å²) in [7, 11) is 3.36. The van der Waals surface area contributed by atoms with Crippen LogP contribution < -0.4 is 10.6 Å². The van der Waals surface area contributed by atoms with Crippen LogP contribution in [0.25, 0.3) is 0 Å². The predicted molar refractivity (Wildman–Crippen MR) is 83.7 cm³/mol. The molecule has 1 fully saturated rings. The van der Waals surface area contributed by atoms with Gasteiger partial charge in [0.1, 0.15) is 0 Å². The first kappa shape index (κ1) is 15.8. The lowest BCUT2D eigenvalue weighted by atomic mass is 10.1. The molecule has 1 aromatic rings. The molecule has 0 saturated carbocycles. The molecule has 1 saturated heterocycles. The lowest BCUT2D eigenvalue weighted by Crippen LogP contribution is -2.27. The van der Waals surface area contributed by atoms with Gasteiger partial charge in [-0.25, -0.2) is 0 Å². The van der Waals surface area contributed by atoms with E-state index in [-0.39, 0.29) is 17.9 Å². The molecule has 6 heteroatoms. The van der Waals surface area contributed by atoms with Crippen molar-refractivity contribution in [2.24, 2.45) is 0 Å². The van der Waals surface area contributed by atoms with Crippen LogP contribution in [0.15, 0.2) is 18.2 Å². The van der Waals surface area contributed by atoms with Gasteiger partial charge in [-0.15, -0.1) is 0 Å². The quantitative estimate of drug-likeness (QED) is 0.895. The van der Waals surface area contributed by atoms with Gasteiger partial charge >= 0.3 is 0 Å². The molecule has 1 aliphatic rings. The minimum absolute atomic E-state index is 0.0919. The molecular weight excluding hydrogens is 290 g/mol. The monoisotopic (exact) mass is 309 g/mol. The number of amides is 2. The molecule has 0 spiro atoms. The van der Waals surface area contributed by atoms with E-state index in [9.17, 15) is 9.59 Å². The molecule has 2 rings (SSSR count). The van der Waals surface area contributed by atoms with Crippen molar-refractivity contribution in [3.8, 4) is 0 Å². The third-order valence-corrected chi connectivity index (χ3v) is 3.82. The number of benzene rings is 1. The molecule has 0 bridgehead atoms. The van der Waals surface area contributed by atoms with Crippen molar-refractivity contribution < 1.29 is 9.59 Å². The molecule has 1 heterocycles. The summed E-state index contributed by atoms with van der Waals surface area (Å²) in [6, 6.07) is 5.13.